The van der Waals surface area contributed by atoms with Gasteiger partial charge in [-0.2, -0.15) is 0 Å². The number of carbonyl (C=O) groups is 1. The Morgan fingerprint density at radius 3 is 2.80 bits per heavy atom. The summed E-state index contributed by atoms with van der Waals surface area (Å²) >= 11 is 0. The number of aromatic nitrogens is 2. The first-order chi connectivity index (χ1) is 7.36. The monoisotopic (exact) mass is 200 g/mol. The fraction of sp³-hybridized carbons (Fsp3) is 0.0909. The van der Waals surface area contributed by atoms with Crippen molar-refractivity contribution in [1.82, 2.24) is 15.3 Å². The van der Waals surface area contributed by atoms with E-state index in [0.717, 1.165) is 12.1 Å². The lowest BCUT2D eigenvalue weighted by atomic mass is 10.1. The number of hydrogen-bond acceptors (Lipinski definition) is 3. The van der Waals surface area contributed by atoms with Crippen LogP contribution in [0.3, 0.4) is 0 Å². The van der Waals surface area contributed by atoms with Crippen molar-refractivity contribution in [3.63, 3.8) is 0 Å². The molecule has 75 valence electrons. The number of nitrogens with one attached hydrogen (secondary N) is 1. The van der Waals surface area contributed by atoms with E-state index in [0.29, 0.717) is 0 Å². The number of allylic oxidation sites excluding steroid dienone is 3. The summed E-state index contributed by atoms with van der Waals surface area (Å²) in [5.41, 5.74) is 0.763. The van der Waals surface area contributed by atoms with Crippen LogP contribution in [0.4, 0.5) is 0 Å². The van der Waals surface area contributed by atoms with Crippen LogP contribution in [0.1, 0.15) is 17.0 Å². The molecule has 1 amide bonds. The molecule has 0 saturated heterocycles. The zero-order chi connectivity index (χ0) is 10.5. The molecule has 2 rings (SSSR count). The molecule has 1 N–H and O–H groups in total. The summed E-state index contributed by atoms with van der Waals surface area (Å²) in [5.74, 6) is -0.112. The Bertz CT molecular complexity index is 409. The van der Waals surface area contributed by atoms with Gasteiger partial charge in [-0.15, -0.1) is 0 Å². The molecule has 0 aromatic carbocycles. The Labute approximate surface area is 87.8 Å². The highest BCUT2D eigenvalue weighted by atomic mass is 16.2. The Kier molecular flexibility index (Phi) is 2.88. The lowest BCUT2D eigenvalue weighted by molar-refractivity contribution is 0.0957. The zero-order valence-corrected chi connectivity index (χ0v) is 8.05. The number of carbonyl (C=O) groups excluding carboxylic acids is 1. The summed E-state index contributed by atoms with van der Waals surface area (Å²) in [6.07, 6.45) is 11.7. The minimum Gasteiger partial charge on any atom is -0.320 e. The summed E-state index contributed by atoms with van der Waals surface area (Å²) in [6, 6.07) is 1.67. The van der Waals surface area contributed by atoms with E-state index in [2.05, 4.69) is 15.3 Å². The number of amides is 1. The van der Waals surface area contributed by atoms with Gasteiger partial charge in [-0.3, -0.25) is 4.79 Å². The third-order valence-electron chi connectivity index (χ3n) is 1.89. The van der Waals surface area contributed by atoms with Gasteiger partial charge in [0.05, 0.1) is 0 Å². The predicted molar refractivity (Wildman–Crippen MR) is 55.6 cm³/mol. The quantitative estimate of drug-likeness (QED) is 0.781. The van der Waals surface area contributed by atoms with Gasteiger partial charge in [0, 0.05) is 18.1 Å². The highest BCUT2D eigenvalue weighted by Gasteiger charge is 2.09. The molecule has 4 heteroatoms. The standard InChI is InChI=1S/C11H10N3O/c15-11(10-12-7-4-8-13-10)14-9-5-2-1-3-6-9/h2-8H,1H2,(H,14,15). The summed E-state index contributed by atoms with van der Waals surface area (Å²) < 4.78 is 0. The molecule has 1 radical (unpaired) electrons. The normalized spacial score (nSPS) is 14.5. The fourth-order valence-electron chi connectivity index (χ4n) is 1.21. The molecule has 1 heterocycles. The van der Waals surface area contributed by atoms with E-state index in [9.17, 15) is 4.79 Å². The van der Waals surface area contributed by atoms with Crippen LogP contribution in [0.25, 0.3) is 0 Å². The first-order valence-corrected chi connectivity index (χ1v) is 4.64. The second kappa shape index (κ2) is 4.50. The molecule has 0 spiro atoms. The molecule has 15 heavy (non-hydrogen) atoms. The first kappa shape index (κ1) is 9.58. The molecule has 1 aromatic rings. The van der Waals surface area contributed by atoms with Crippen molar-refractivity contribution in [2.24, 2.45) is 0 Å². The van der Waals surface area contributed by atoms with Crippen LogP contribution in [0.2, 0.25) is 0 Å². The Hall–Kier alpha value is -1.97. The number of nitrogens with zero attached hydrogens (tertiary/aromatic N) is 2. The van der Waals surface area contributed by atoms with Gasteiger partial charge >= 0.3 is 0 Å². The van der Waals surface area contributed by atoms with Crippen molar-refractivity contribution < 1.29 is 4.79 Å². The third-order valence-corrected chi connectivity index (χ3v) is 1.89. The second-order valence-electron chi connectivity index (χ2n) is 3.02. The molecule has 0 saturated carbocycles. The minimum atomic E-state index is -0.290. The van der Waals surface area contributed by atoms with Crippen LogP contribution in [-0.2, 0) is 0 Å². The van der Waals surface area contributed by atoms with Gasteiger partial charge in [0.1, 0.15) is 0 Å². The van der Waals surface area contributed by atoms with Crippen LogP contribution < -0.4 is 5.32 Å². The van der Waals surface area contributed by atoms with Crippen molar-refractivity contribution in [2.45, 2.75) is 6.42 Å². The molecule has 1 aliphatic rings. The molecule has 0 unspecified atom stereocenters. The minimum absolute atomic E-state index is 0.178. The SMILES string of the molecule is O=C(NC1=C[CH]CC=C1)c1ncccn1. The maximum Gasteiger partial charge on any atom is 0.293 e. The van der Waals surface area contributed by atoms with Crippen molar-refractivity contribution in [3.05, 3.63) is 54.6 Å². The Morgan fingerprint density at radius 1 is 1.33 bits per heavy atom. The van der Waals surface area contributed by atoms with E-state index in [1.54, 1.807) is 18.5 Å². The van der Waals surface area contributed by atoms with Gasteiger partial charge in [-0.25, -0.2) is 9.97 Å². The number of rotatable bonds is 2. The van der Waals surface area contributed by atoms with Crippen LogP contribution in [0.15, 0.2) is 42.4 Å². The maximum atomic E-state index is 11.6. The van der Waals surface area contributed by atoms with Crippen LogP contribution in [-0.4, -0.2) is 15.9 Å². The van der Waals surface area contributed by atoms with E-state index in [1.165, 1.54) is 0 Å². The van der Waals surface area contributed by atoms with E-state index >= 15 is 0 Å². The van der Waals surface area contributed by atoms with Crippen LogP contribution in [0.5, 0.6) is 0 Å². The average Bonchev–Trinajstić information content (AvgIpc) is 2.31. The molecule has 0 atom stereocenters. The highest BCUT2D eigenvalue weighted by molar-refractivity contribution is 5.91. The smallest absolute Gasteiger partial charge is 0.293 e. The number of hydrogen-bond donors (Lipinski definition) is 1. The predicted octanol–water partition coefficient (Wildman–Crippen LogP) is 1.25. The summed E-state index contributed by atoms with van der Waals surface area (Å²) in [5, 5.41) is 2.71. The second-order valence-corrected chi connectivity index (χ2v) is 3.02. The largest absolute Gasteiger partial charge is 0.320 e. The summed E-state index contributed by atoms with van der Waals surface area (Å²) in [6.45, 7) is 0. The topological polar surface area (TPSA) is 54.9 Å². The highest BCUT2D eigenvalue weighted by Crippen LogP contribution is 2.06. The Morgan fingerprint density at radius 2 is 2.13 bits per heavy atom. The molecular weight excluding hydrogens is 190 g/mol. The lowest BCUT2D eigenvalue weighted by Crippen LogP contribution is -2.24. The average molecular weight is 200 g/mol. The van der Waals surface area contributed by atoms with Crippen LogP contribution >= 0.6 is 0 Å². The summed E-state index contributed by atoms with van der Waals surface area (Å²) in [4.78, 5) is 19.3. The fourth-order valence-corrected chi connectivity index (χ4v) is 1.21. The molecule has 0 fully saturated rings. The Balaban J connectivity index is 2.04. The van der Waals surface area contributed by atoms with Gasteiger partial charge < -0.3 is 5.32 Å². The van der Waals surface area contributed by atoms with Crippen LogP contribution in [0, 0.1) is 6.42 Å². The third kappa shape index (κ3) is 2.49. The molecule has 1 aromatic heterocycles. The molecule has 0 bridgehead atoms. The van der Waals surface area contributed by atoms with Gasteiger partial charge in [0.2, 0.25) is 5.82 Å². The maximum absolute atomic E-state index is 11.6. The van der Waals surface area contributed by atoms with Crippen molar-refractivity contribution in [1.29, 1.82) is 0 Å². The molecule has 4 nitrogen and oxygen atoms in total. The molecular formula is C11H10N3O. The lowest BCUT2D eigenvalue weighted by Gasteiger charge is -2.07. The van der Waals surface area contributed by atoms with Gasteiger partial charge in [-0.1, -0.05) is 12.2 Å². The van der Waals surface area contributed by atoms with Crippen molar-refractivity contribution in [2.75, 3.05) is 0 Å². The van der Waals surface area contributed by atoms with Gasteiger partial charge in [0.25, 0.3) is 5.91 Å². The van der Waals surface area contributed by atoms with E-state index in [1.807, 2.05) is 24.6 Å². The first-order valence-electron chi connectivity index (χ1n) is 4.64. The van der Waals surface area contributed by atoms with Crippen molar-refractivity contribution in [3.8, 4) is 0 Å². The molecule has 0 aliphatic heterocycles. The van der Waals surface area contributed by atoms with Crippen molar-refractivity contribution >= 4 is 5.91 Å². The summed E-state index contributed by atoms with van der Waals surface area (Å²) in [7, 11) is 0. The van der Waals surface area contributed by atoms with Gasteiger partial charge in [0.15, 0.2) is 0 Å². The van der Waals surface area contributed by atoms with E-state index in [4.69, 9.17) is 0 Å². The van der Waals surface area contributed by atoms with Gasteiger partial charge in [-0.05, 0) is 25.0 Å². The van der Waals surface area contributed by atoms with E-state index in [-0.39, 0.29) is 11.7 Å². The van der Waals surface area contributed by atoms with E-state index < -0.39 is 0 Å². The molecule has 1 aliphatic carbocycles. The zero-order valence-electron chi connectivity index (χ0n) is 8.05.